The zero-order valence-electron chi connectivity index (χ0n) is 8.95. The Morgan fingerprint density at radius 2 is 2.33 bits per heavy atom. The number of carbonyl (C=O) groups is 2. The van der Waals surface area contributed by atoms with Crippen molar-refractivity contribution in [1.29, 1.82) is 0 Å². The highest BCUT2D eigenvalue weighted by molar-refractivity contribution is 5.87. The molecule has 84 valence electrons. The van der Waals surface area contributed by atoms with Crippen LogP contribution in [0.1, 0.15) is 19.8 Å². The maximum atomic E-state index is 12.0. The number of likely N-dealkylation sites (tertiary alicyclic amines) is 1. The van der Waals surface area contributed by atoms with Crippen LogP contribution in [0.2, 0.25) is 0 Å². The number of piperazine rings is 1. The molecule has 2 aliphatic rings. The van der Waals surface area contributed by atoms with Crippen LogP contribution >= 0.6 is 0 Å². The predicted octanol–water partition coefficient (Wildman–Crippen LogP) is -0.915. The van der Waals surface area contributed by atoms with Crippen molar-refractivity contribution in [3.8, 4) is 0 Å². The van der Waals surface area contributed by atoms with Crippen LogP contribution in [0.5, 0.6) is 0 Å². The quantitative estimate of drug-likeness (QED) is 0.590. The van der Waals surface area contributed by atoms with E-state index in [0.29, 0.717) is 12.6 Å². The second-order valence-electron chi connectivity index (χ2n) is 4.26. The Hall–Kier alpha value is -1.10. The van der Waals surface area contributed by atoms with E-state index in [1.54, 1.807) is 0 Å². The second kappa shape index (κ2) is 4.18. The van der Waals surface area contributed by atoms with E-state index in [1.807, 2.05) is 4.90 Å². The molecule has 0 bridgehead atoms. The molecule has 2 saturated heterocycles. The van der Waals surface area contributed by atoms with Gasteiger partial charge < -0.3 is 10.2 Å². The van der Waals surface area contributed by atoms with Crippen LogP contribution in [0.3, 0.4) is 0 Å². The number of hydrogen-bond donors (Lipinski definition) is 2. The molecule has 2 heterocycles. The maximum absolute atomic E-state index is 12.0. The van der Waals surface area contributed by atoms with Gasteiger partial charge in [0.2, 0.25) is 11.8 Å². The van der Waals surface area contributed by atoms with Gasteiger partial charge in [-0.2, -0.15) is 0 Å². The molecular weight excluding hydrogens is 194 g/mol. The van der Waals surface area contributed by atoms with Crippen molar-refractivity contribution in [3.05, 3.63) is 0 Å². The maximum Gasteiger partial charge on any atom is 0.241 e. The van der Waals surface area contributed by atoms with Crippen molar-refractivity contribution >= 4 is 11.8 Å². The third-order valence-electron chi connectivity index (χ3n) is 3.15. The van der Waals surface area contributed by atoms with Crippen molar-refractivity contribution in [2.45, 2.75) is 31.8 Å². The third kappa shape index (κ3) is 2.12. The fourth-order valence-electron chi connectivity index (χ4n) is 2.20. The van der Waals surface area contributed by atoms with E-state index in [-0.39, 0.29) is 24.4 Å². The lowest BCUT2D eigenvalue weighted by atomic mass is 10.2. The van der Waals surface area contributed by atoms with Crippen LogP contribution in [0.4, 0.5) is 0 Å². The summed E-state index contributed by atoms with van der Waals surface area (Å²) in [6, 6.07) is 0.111. The lowest BCUT2D eigenvalue weighted by Crippen LogP contribution is -2.59. The summed E-state index contributed by atoms with van der Waals surface area (Å²) in [6.07, 6.45) is 2.18. The molecule has 0 radical (unpaired) electrons. The Bertz CT molecular complexity index is 270. The molecular formula is C10H17N3O2. The van der Waals surface area contributed by atoms with Gasteiger partial charge in [0.05, 0.1) is 6.54 Å². The molecule has 5 nitrogen and oxygen atoms in total. The van der Waals surface area contributed by atoms with E-state index in [2.05, 4.69) is 17.6 Å². The number of hydrogen-bond acceptors (Lipinski definition) is 3. The van der Waals surface area contributed by atoms with E-state index < -0.39 is 0 Å². The lowest BCUT2D eigenvalue weighted by molar-refractivity contribution is -0.135. The minimum atomic E-state index is -0.233. The van der Waals surface area contributed by atoms with Crippen molar-refractivity contribution in [3.63, 3.8) is 0 Å². The standard InChI is InChI=1S/C10H17N3O2/c1-7-3-2-4-13(7)10(15)8-5-12-9(14)6-11-8/h7-8,11H,2-6H2,1H3,(H,12,14). The summed E-state index contributed by atoms with van der Waals surface area (Å²) in [5.74, 6) is 0.0912. The van der Waals surface area contributed by atoms with E-state index in [1.165, 1.54) is 0 Å². The summed E-state index contributed by atoms with van der Waals surface area (Å²) >= 11 is 0. The number of amides is 2. The summed E-state index contributed by atoms with van der Waals surface area (Å²) in [5.41, 5.74) is 0. The largest absolute Gasteiger partial charge is 0.353 e. The number of carbonyl (C=O) groups excluding carboxylic acids is 2. The molecule has 2 unspecified atom stereocenters. The molecule has 2 atom stereocenters. The van der Waals surface area contributed by atoms with Crippen LogP contribution < -0.4 is 10.6 Å². The Labute approximate surface area is 89.2 Å². The number of nitrogens with zero attached hydrogens (tertiary/aromatic N) is 1. The van der Waals surface area contributed by atoms with Crippen LogP contribution in [-0.2, 0) is 9.59 Å². The van der Waals surface area contributed by atoms with E-state index in [4.69, 9.17) is 0 Å². The third-order valence-corrected chi connectivity index (χ3v) is 3.15. The Morgan fingerprint density at radius 3 is 2.87 bits per heavy atom. The summed E-state index contributed by atoms with van der Waals surface area (Å²) in [6.45, 7) is 3.60. The Morgan fingerprint density at radius 1 is 1.53 bits per heavy atom. The molecule has 0 aromatic rings. The zero-order chi connectivity index (χ0) is 10.8. The first-order valence-corrected chi connectivity index (χ1v) is 5.49. The van der Waals surface area contributed by atoms with Gasteiger partial charge >= 0.3 is 0 Å². The summed E-state index contributed by atoms with van der Waals surface area (Å²) < 4.78 is 0. The molecule has 5 heteroatoms. The summed E-state index contributed by atoms with van der Waals surface area (Å²) in [5, 5.41) is 5.67. The molecule has 0 aromatic heterocycles. The normalized spacial score (nSPS) is 31.5. The van der Waals surface area contributed by atoms with Crippen molar-refractivity contribution in [2.75, 3.05) is 19.6 Å². The van der Waals surface area contributed by atoms with Gasteiger partial charge in [-0.3, -0.25) is 14.9 Å². The van der Waals surface area contributed by atoms with Crippen LogP contribution in [0.15, 0.2) is 0 Å². The van der Waals surface area contributed by atoms with Gasteiger partial charge in [0.1, 0.15) is 6.04 Å². The molecule has 2 aliphatic heterocycles. The summed E-state index contributed by atoms with van der Waals surface area (Å²) in [4.78, 5) is 24.9. The van der Waals surface area contributed by atoms with Crippen LogP contribution in [0, 0.1) is 0 Å². The smallest absolute Gasteiger partial charge is 0.241 e. The van der Waals surface area contributed by atoms with Crippen molar-refractivity contribution in [2.24, 2.45) is 0 Å². The van der Waals surface area contributed by atoms with Gasteiger partial charge in [0, 0.05) is 19.1 Å². The first-order valence-electron chi connectivity index (χ1n) is 5.49. The topological polar surface area (TPSA) is 61.4 Å². The Kier molecular flexibility index (Phi) is 2.90. The van der Waals surface area contributed by atoms with Gasteiger partial charge in [0.15, 0.2) is 0 Å². The van der Waals surface area contributed by atoms with Gasteiger partial charge in [0.25, 0.3) is 0 Å². The molecule has 0 aliphatic carbocycles. The van der Waals surface area contributed by atoms with Gasteiger partial charge in [-0.1, -0.05) is 0 Å². The zero-order valence-corrected chi connectivity index (χ0v) is 8.95. The van der Waals surface area contributed by atoms with E-state index in [9.17, 15) is 9.59 Å². The molecule has 2 N–H and O–H groups in total. The minimum absolute atomic E-state index is 0.0338. The summed E-state index contributed by atoms with van der Waals surface area (Å²) in [7, 11) is 0. The van der Waals surface area contributed by atoms with Gasteiger partial charge in [-0.25, -0.2) is 0 Å². The SMILES string of the molecule is CC1CCCN1C(=O)C1CNC(=O)CN1. The molecule has 15 heavy (non-hydrogen) atoms. The van der Waals surface area contributed by atoms with Gasteiger partial charge in [-0.15, -0.1) is 0 Å². The average Bonchev–Trinajstić information content (AvgIpc) is 2.65. The average molecular weight is 211 g/mol. The van der Waals surface area contributed by atoms with E-state index >= 15 is 0 Å². The Balaban J connectivity index is 1.93. The van der Waals surface area contributed by atoms with E-state index in [0.717, 1.165) is 19.4 Å². The van der Waals surface area contributed by atoms with Crippen molar-refractivity contribution < 1.29 is 9.59 Å². The van der Waals surface area contributed by atoms with Crippen molar-refractivity contribution in [1.82, 2.24) is 15.5 Å². The second-order valence-corrected chi connectivity index (χ2v) is 4.26. The fraction of sp³-hybridized carbons (Fsp3) is 0.800. The predicted molar refractivity (Wildman–Crippen MR) is 55.2 cm³/mol. The number of nitrogens with one attached hydrogen (secondary N) is 2. The van der Waals surface area contributed by atoms with Crippen LogP contribution in [0.25, 0.3) is 0 Å². The van der Waals surface area contributed by atoms with Crippen LogP contribution in [-0.4, -0.2) is 48.4 Å². The molecule has 2 fully saturated rings. The first kappa shape index (κ1) is 10.4. The monoisotopic (exact) mass is 211 g/mol. The molecule has 0 spiro atoms. The fourth-order valence-corrected chi connectivity index (χ4v) is 2.20. The van der Waals surface area contributed by atoms with Gasteiger partial charge in [-0.05, 0) is 19.8 Å². The first-order chi connectivity index (χ1) is 7.18. The minimum Gasteiger partial charge on any atom is -0.353 e. The number of rotatable bonds is 1. The molecule has 0 aromatic carbocycles. The highest BCUT2D eigenvalue weighted by Crippen LogP contribution is 2.17. The molecule has 2 rings (SSSR count). The lowest BCUT2D eigenvalue weighted by Gasteiger charge is -2.29. The highest BCUT2D eigenvalue weighted by atomic mass is 16.2. The highest BCUT2D eigenvalue weighted by Gasteiger charge is 2.32. The molecule has 2 amide bonds. The molecule has 0 saturated carbocycles.